The van der Waals surface area contributed by atoms with Gasteiger partial charge in [0.05, 0.1) is 6.42 Å². The first-order chi connectivity index (χ1) is 9.63. The summed E-state index contributed by atoms with van der Waals surface area (Å²) < 4.78 is 5.23. The zero-order valence-electron chi connectivity index (χ0n) is 11.1. The molecule has 0 aromatic heterocycles. The zero-order valence-corrected chi connectivity index (χ0v) is 11.1. The fourth-order valence-electron chi connectivity index (χ4n) is 1.74. The average Bonchev–Trinajstić information content (AvgIpc) is 2.41. The van der Waals surface area contributed by atoms with E-state index in [9.17, 15) is 9.59 Å². The van der Waals surface area contributed by atoms with Gasteiger partial charge in [-0.1, -0.05) is 30.3 Å². The molecule has 0 radical (unpaired) electrons. The van der Waals surface area contributed by atoms with Crippen LogP contribution in [0.5, 0.6) is 5.75 Å². The molecule has 1 N–H and O–H groups in total. The van der Waals surface area contributed by atoms with Crippen LogP contribution in [0.15, 0.2) is 54.6 Å². The van der Waals surface area contributed by atoms with E-state index in [1.807, 2.05) is 30.3 Å². The summed E-state index contributed by atoms with van der Waals surface area (Å²) in [5.74, 6) is 0.00216. The zero-order chi connectivity index (χ0) is 14.4. The maximum Gasteiger partial charge on any atom is 0.315 e. The van der Waals surface area contributed by atoms with Gasteiger partial charge < -0.3 is 10.1 Å². The summed E-state index contributed by atoms with van der Waals surface area (Å²) in [6, 6.07) is 16.1. The van der Waals surface area contributed by atoms with Crippen LogP contribution < -0.4 is 10.1 Å². The highest BCUT2D eigenvalue weighted by Gasteiger charge is 2.06. The average molecular weight is 269 g/mol. The van der Waals surface area contributed by atoms with Crippen molar-refractivity contribution in [1.82, 2.24) is 0 Å². The van der Waals surface area contributed by atoms with E-state index in [1.165, 1.54) is 6.92 Å². The fraction of sp³-hybridized carbons (Fsp3) is 0.125. The number of esters is 1. The first-order valence-corrected chi connectivity index (χ1v) is 6.26. The van der Waals surface area contributed by atoms with E-state index in [0.717, 1.165) is 5.56 Å². The number of carbonyl (C=O) groups excluding carboxylic acids is 2. The molecule has 0 aliphatic rings. The van der Waals surface area contributed by atoms with E-state index in [1.54, 1.807) is 24.3 Å². The largest absolute Gasteiger partial charge is 0.426 e. The van der Waals surface area contributed by atoms with Crippen LogP contribution in [-0.4, -0.2) is 11.9 Å². The summed E-state index contributed by atoms with van der Waals surface area (Å²) in [5.41, 5.74) is 1.58. The van der Waals surface area contributed by atoms with Gasteiger partial charge in [0.25, 0.3) is 0 Å². The van der Waals surface area contributed by atoms with Crippen LogP contribution in [0.1, 0.15) is 12.5 Å². The minimum Gasteiger partial charge on any atom is -0.426 e. The molecule has 0 fully saturated rings. The van der Waals surface area contributed by atoms with Crippen molar-refractivity contribution in [2.75, 3.05) is 5.32 Å². The van der Waals surface area contributed by atoms with Crippen molar-refractivity contribution in [1.29, 1.82) is 0 Å². The van der Waals surface area contributed by atoms with E-state index in [-0.39, 0.29) is 18.3 Å². The van der Waals surface area contributed by atoms with Crippen LogP contribution in [0.2, 0.25) is 0 Å². The van der Waals surface area contributed by atoms with Crippen LogP contribution in [0.4, 0.5) is 5.69 Å². The van der Waals surface area contributed by atoms with Crippen molar-refractivity contribution in [3.05, 3.63) is 60.2 Å². The number of carbonyl (C=O) groups is 2. The first kappa shape index (κ1) is 13.8. The Morgan fingerprint density at radius 3 is 2.25 bits per heavy atom. The monoisotopic (exact) mass is 269 g/mol. The Kier molecular flexibility index (Phi) is 4.50. The normalized spacial score (nSPS) is 9.85. The number of hydrogen-bond donors (Lipinski definition) is 1. The van der Waals surface area contributed by atoms with E-state index < -0.39 is 0 Å². The third-order valence-electron chi connectivity index (χ3n) is 2.60. The molecule has 0 spiro atoms. The van der Waals surface area contributed by atoms with Gasteiger partial charge in [-0.05, 0) is 29.8 Å². The molecule has 0 bridgehead atoms. The van der Waals surface area contributed by atoms with Gasteiger partial charge in [-0.15, -0.1) is 0 Å². The number of rotatable bonds is 4. The second kappa shape index (κ2) is 6.52. The summed E-state index contributed by atoms with van der Waals surface area (Å²) in [5, 5.41) is 2.65. The number of ether oxygens (including phenoxy) is 1. The lowest BCUT2D eigenvalue weighted by Crippen LogP contribution is -2.11. The molecule has 4 heteroatoms. The van der Waals surface area contributed by atoms with E-state index in [2.05, 4.69) is 5.32 Å². The molecule has 0 unspecified atom stereocenters. The van der Waals surface area contributed by atoms with Gasteiger partial charge in [0.15, 0.2) is 0 Å². The molecule has 0 saturated carbocycles. The Balaban J connectivity index is 1.93. The number of nitrogens with one attached hydrogen (secondary N) is 1. The van der Waals surface area contributed by atoms with E-state index >= 15 is 0 Å². The molecule has 0 aliphatic heterocycles. The highest BCUT2D eigenvalue weighted by molar-refractivity contribution is 5.88. The topological polar surface area (TPSA) is 55.4 Å². The highest BCUT2D eigenvalue weighted by Crippen LogP contribution is 2.16. The molecule has 2 rings (SSSR count). The Labute approximate surface area is 117 Å². The van der Waals surface area contributed by atoms with Crippen LogP contribution in [-0.2, 0) is 16.0 Å². The van der Waals surface area contributed by atoms with Crippen LogP contribution in [0.25, 0.3) is 0 Å². The maximum atomic E-state index is 11.8. The predicted octanol–water partition coefficient (Wildman–Crippen LogP) is 2.79. The lowest BCUT2D eigenvalue weighted by atomic mass is 10.2. The number of anilines is 1. The molecule has 0 atom stereocenters. The van der Waals surface area contributed by atoms with Crippen molar-refractivity contribution >= 4 is 17.6 Å². The molecule has 2 aromatic rings. The Morgan fingerprint density at radius 2 is 1.65 bits per heavy atom. The second-order valence-corrected chi connectivity index (χ2v) is 4.34. The molecular weight excluding hydrogens is 254 g/mol. The second-order valence-electron chi connectivity index (χ2n) is 4.34. The Morgan fingerprint density at radius 1 is 1.00 bits per heavy atom. The van der Waals surface area contributed by atoms with Crippen molar-refractivity contribution in [3.8, 4) is 5.75 Å². The summed E-state index contributed by atoms with van der Waals surface area (Å²) in [6.07, 6.45) is 0.230. The summed E-state index contributed by atoms with van der Waals surface area (Å²) >= 11 is 0. The Bertz CT molecular complexity index is 591. The lowest BCUT2D eigenvalue weighted by molar-refractivity contribution is -0.133. The quantitative estimate of drug-likeness (QED) is 0.686. The first-order valence-electron chi connectivity index (χ1n) is 6.26. The van der Waals surface area contributed by atoms with Gasteiger partial charge in [-0.3, -0.25) is 9.59 Å². The Hall–Kier alpha value is -2.62. The van der Waals surface area contributed by atoms with Gasteiger partial charge in [-0.25, -0.2) is 0 Å². The van der Waals surface area contributed by atoms with Crippen molar-refractivity contribution in [2.45, 2.75) is 13.3 Å². The molecule has 0 saturated heterocycles. The fourth-order valence-corrected chi connectivity index (χ4v) is 1.74. The predicted molar refractivity (Wildman–Crippen MR) is 76.5 cm³/mol. The number of hydrogen-bond acceptors (Lipinski definition) is 3. The molecule has 20 heavy (non-hydrogen) atoms. The van der Waals surface area contributed by atoms with Gasteiger partial charge in [0.1, 0.15) is 5.75 Å². The molecule has 2 aromatic carbocycles. The number of amides is 1. The van der Waals surface area contributed by atoms with Gasteiger partial charge in [0.2, 0.25) is 5.91 Å². The molecule has 0 aliphatic carbocycles. The third-order valence-corrected chi connectivity index (χ3v) is 2.60. The maximum absolute atomic E-state index is 11.8. The minimum atomic E-state index is -0.316. The van der Waals surface area contributed by atoms with Gasteiger partial charge in [0, 0.05) is 12.6 Å². The van der Waals surface area contributed by atoms with Crippen molar-refractivity contribution in [3.63, 3.8) is 0 Å². The molecule has 4 nitrogen and oxygen atoms in total. The smallest absolute Gasteiger partial charge is 0.315 e. The van der Waals surface area contributed by atoms with Gasteiger partial charge >= 0.3 is 5.97 Å². The van der Waals surface area contributed by atoms with Crippen molar-refractivity contribution < 1.29 is 14.3 Å². The molecule has 1 amide bonds. The summed E-state index contributed by atoms with van der Waals surface area (Å²) in [7, 11) is 0. The molecule has 0 heterocycles. The van der Waals surface area contributed by atoms with Crippen LogP contribution >= 0.6 is 0 Å². The molecular formula is C16H15NO3. The standard InChI is InChI=1S/C16H15NO3/c1-12(18)17-14-7-9-15(10-8-14)20-16(19)11-13-5-3-2-4-6-13/h2-10H,11H2,1H3,(H,17,18). The highest BCUT2D eigenvalue weighted by atomic mass is 16.5. The summed E-state index contributed by atoms with van der Waals surface area (Å²) in [6.45, 7) is 1.44. The lowest BCUT2D eigenvalue weighted by Gasteiger charge is -2.06. The minimum absolute atomic E-state index is 0.140. The van der Waals surface area contributed by atoms with Crippen LogP contribution in [0, 0.1) is 0 Å². The third kappa shape index (κ3) is 4.24. The van der Waals surface area contributed by atoms with Crippen molar-refractivity contribution in [2.24, 2.45) is 0 Å². The van der Waals surface area contributed by atoms with Gasteiger partial charge in [-0.2, -0.15) is 0 Å². The summed E-state index contributed by atoms with van der Waals surface area (Å²) in [4.78, 5) is 22.6. The SMILES string of the molecule is CC(=O)Nc1ccc(OC(=O)Cc2ccccc2)cc1. The van der Waals surface area contributed by atoms with E-state index in [4.69, 9.17) is 4.74 Å². The molecule has 102 valence electrons. The number of benzene rings is 2. The van der Waals surface area contributed by atoms with E-state index in [0.29, 0.717) is 11.4 Å². The van der Waals surface area contributed by atoms with Crippen LogP contribution in [0.3, 0.4) is 0 Å².